The number of rotatable bonds is 11. The van der Waals surface area contributed by atoms with E-state index in [9.17, 15) is 8.42 Å². The van der Waals surface area contributed by atoms with Gasteiger partial charge in [0.05, 0.1) is 11.1 Å². The van der Waals surface area contributed by atoms with Crippen LogP contribution in [0.4, 0.5) is 0 Å². The van der Waals surface area contributed by atoms with E-state index < -0.39 is 10.0 Å². The summed E-state index contributed by atoms with van der Waals surface area (Å²) in [6.45, 7) is 1.20. The third-order valence-electron chi connectivity index (χ3n) is 5.36. The number of nitrogens with one attached hydrogen (secondary N) is 1. The van der Waals surface area contributed by atoms with Gasteiger partial charge in [0.1, 0.15) is 5.69 Å². The van der Waals surface area contributed by atoms with Gasteiger partial charge in [0, 0.05) is 36.6 Å². The first kappa shape index (κ1) is 22.8. The minimum absolute atomic E-state index is 0.312. The minimum Gasteiger partial charge on any atom is -0.264 e. The lowest BCUT2D eigenvalue weighted by atomic mass is 10.1. The second-order valence-corrected chi connectivity index (χ2v) is 9.52. The summed E-state index contributed by atoms with van der Waals surface area (Å²) in [5.41, 5.74) is 3.36. The van der Waals surface area contributed by atoms with Crippen LogP contribution in [0.1, 0.15) is 25.7 Å². The lowest BCUT2D eigenvalue weighted by molar-refractivity contribution is 0.520. The van der Waals surface area contributed by atoms with Gasteiger partial charge in [0.15, 0.2) is 0 Å². The molecule has 8 heteroatoms. The average Bonchev–Trinajstić information content (AvgIpc) is 3.33. The van der Waals surface area contributed by atoms with Crippen LogP contribution in [0.25, 0.3) is 22.4 Å². The molecule has 0 fully saturated rings. The Morgan fingerprint density at radius 1 is 0.818 bits per heavy atom. The maximum absolute atomic E-state index is 12.9. The van der Waals surface area contributed by atoms with Crippen LogP contribution in [0.5, 0.6) is 0 Å². The van der Waals surface area contributed by atoms with Crippen molar-refractivity contribution in [2.45, 2.75) is 37.1 Å². The van der Waals surface area contributed by atoms with Crippen molar-refractivity contribution >= 4 is 10.0 Å². The van der Waals surface area contributed by atoms with Gasteiger partial charge < -0.3 is 0 Å². The molecule has 0 aliphatic carbocycles. The molecule has 2 heterocycles. The normalized spacial score (nSPS) is 11.5. The van der Waals surface area contributed by atoms with Crippen LogP contribution in [-0.2, 0) is 16.6 Å². The Balaban J connectivity index is 1.21. The highest BCUT2D eigenvalue weighted by atomic mass is 32.2. The van der Waals surface area contributed by atoms with Gasteiger partial charge in [-0.05, 0) is 36.6 Å². The van der Waals surface area contributed by atoms with Crippen molar-refractivity contribution in [1.82, 2.24) is 24.7 Å². The standard InChI is InChI=1S/C25H27N5O2S/c31-33(32,25-15-7-6-14-23(25)21-11-4-3-5-12-21)27-17-8-1-2-9-18-30-20-24(28-29-30)22-13-10-16-26-19-22/h3-7,10-16,19-20,27H,1-2,8-9,17-18H2. The maximum Gasteiger partial charge on any atom is 0.241 e. The Labute approximate surface area is 194 Å². The summed E-state index contributed by atoms with van der Waals surface area (Å²) in [5.74, 6) is 0. The van der Waals surface area contributed by atoms with Gasteiger partial charge >= 0.3 is 0 Å². The minimum atomic E-state index is -3.58. The molecule has 4 aromatic rings. The number of aromatic nitrogens is 4. The Morgan fingerprint density at radius 2 is 1.58 bits per heavy atom. The van der Waals surface area contributed by atoms with E-state index in [-0.39, 0.29) is 0 Å². The first-order valence-electron chi connectivity index (χ1n) is 11.1. The molecular formula is C25H27N5O2S. The summed E-state index contributed by atoms with van der Waals surface area (Å²) in [6.07, 6.45) is 9.10. The van der Waals surface area contributed by atoms with E-state index in [1.54, 1.807) is 24.5 Å². The summed E-state index contributed by atoms with van der Waals surface area (Å²) >= 11 is 0. The molecule has 2 aromatic heterocycles. The number of hydrogen-bond acceptors (Lipinski definition) is 5. The fraction of sp³-hybridized carbons (Fsp3) is 0.240. The quantitative estimate of drug-likeness (QED) is 0.331. The van der Waals surface area contributed by atoms with Crippen molar-refractivity contribution in [3.63, 3.8) is 0 Å². The third kappa shape index (κ3) is 6.12. The van der Waals surface area contributed by atoms with E-state index >= 15 is 0 Å². The summed E-state index contributed by atoms with van der Waals surface area (Å²) in [4.78, 5) is 4.42. The number of sulfonamides is 1. The summed E-state index contributed by atoms with van der Waals surface area (Å²) < 4.78 is 30.4. The molecule has 0 aliphatic heterocycles. The molecule has 7 nitrogen and oxygen atoms in total. The number of nitrogens with zero attached hydrogens (tertiary/aromatic N) is 4. The predicted molar refractivity (Wildman–Crippen MR) is 129 cm³/mol. The van der Waals surface area contributed by atoms with Crippen LogP contribution in [0.2, 0.25) is 0 Å². The molecule has 0 unspecified atom stereocenters. The van der Waals surface area contributed by atoms with Crippen molar-refractivity contribution in [2.75, 3.05) is 6.54 Å². The van der Waals surface area contributed by atoms with Crippen molar-refractivity contribution in [3.8, 4) is 22.4 Å². The van der Waals surface area contributed by atoms with E-state index in [4.69, 9.17) is 0 Å². The molecule has 0 radical (unpaired) electrons. The van der Waals surface area contributed by atoms with E-state index in [2.05, 4.69) is 20.0 Å². The van der Waals surface area contributed by atoms with Gasteiger partial charge in [-0.1, -0.05) is 66.6 Å². The first-order valence-corrected chi connectivity index (χ1v) is 12.6. The Bertz CT molecular complexity index is 1260. The van der Waals surface area contributed by atoms with Gasteiger partial charge in [-0.25, -0.2) is 13.1 Å². The zero-order chi connectivity index (χ0) is 22.9. The molecule has 33 heavy (non-hydrogen) atoms. The fourth-order valence-electron chi connectivity index (χ4n) is 3.65. The van der Waals surface area contributed by atoms with E-state index in [0.717, 1.165) is 49.0 Å². The van der Waals surface area contributed by atoms with Crippen LogP contribution in [0.15, 0.2) is 90.2 Å². The summed E-state index contributed by atoms with van der Waals surface area (Å²) in [5, 5.41) is 8.37. The number of benzene rings is 2. The smallest absolute Gasteiger partial charge is 0.241 e. The highest BCUT2D eigenvalue weighted by molar-refractivity contribution is 7.89. The number of aryl methyl sites for hydroxylation is 1. The molecule has 0 aliphatic rings. The summed E-state index contributed by atoms with van der Waals surface area (Å²) in [7, 11) is -3.58. The van der Waals surface area contributed by atoms with Crippen LogP contribution in [0, 0.1) is 0 Å². The Kier molecular flexibility index (Phi) is 7.59. The van der Waals surface area contributed by atoms with E-state index in [1.807, 2.05) is 65.5 Å². The van der Waals surface area contributed by atoms with Gasteiger partial charge in [0.25, 0.3) is 0 Å². The third-order valence-corrected chi connectivity index (χ3v) is 6.88. The molecule has 0 atom stereocenters. The SMILES string of the molecule is O=S(=O)(NCCCCCCn1cc(-c2cccnc2)nn1)c1ccccc1-c1ccccc1. The van der Waals surface area contributed by atoms with Crippen molar-refractivity contribution < 1.29 is 8.42 Å². The van der Waals surface area contributed by atoms with Crippen LogP contribution >= 0.6 is 0 Å². The van der Waals surface area contributed by atoms with Gasteiger partial charge in [0.2, 0.25) is 10.0 Å². The van der Waals surface area contributed by atoms with Crippen LogP contribution < -0.4 is 4.72 Å². The molecule has 0 saturated heterocycles. The van der Waals surface area contributed by atoms with E-state index in [0.29, 0.717) is 17.0 Å². The molecule has 0 amide bonds. The lowest BCUT2D eigenvalue weighted by Gasteiger charge is -2.12. The second kappa shape index (κ2) is 11.0. The monoisotopic (exact) mass is 461 g/mol. The molecule has 2 aromatic carbocycles. The van der Waals surface area contributed by atoms with Gasteiger partial charge in [-0.3, -0.25) is 9.67 Å². The number of hydrogen-bond donors (Lipinski definition) is 1. The molecule has 0 spiro atoms. The fourth-order valence-corrected chi connectivity index (χ4v) is 4.95. The van der Waals surface area contributed by atoms with Crippen molar-refractivity contribution in [2.24, 2.45) is 0 Å². The molecule has 4 rings (SSSR count). The summed E-state index contributed by atoms with van der Waals surface area (Å²) in [6, 6.07) is 20.5. The van der Waals surface area contributed by atoms with E-state index in [1.165, 1.54) is 0 Å². The highest BCUT2D eigenvalue weighted by Crippen LogP contribution is 2.26. The van der Waals surface area contributed by atoms with Gasteiger partial charge in [-0.15, -0.1) is 5.10 Å². The van der Waals surface area contributed by atoms with Crippen LogP contribution in [0.3, 0.4) is 0 Å². The number of unbranched alkanes of at least 4 members (excludes halogenated alkanes) is 3. The first-order chi connectivity index (χ1) is 16.1. The molecular weight excluding hydrogens is 434 g/mol. The van der Waals surface area contributed by atoms with Gasteiger partial charge in [-0.2, -0.15) is 0 Å². The van der Waals surface area contributed by atoms with Crippen LogP contribution in [-0.4, -0.2) is 34.9 Å². The zero-order valence-electron chi connectivity index (χ0n) is 18.3. The molecule has 0 bridgehead atoms. The molecule has 1 N–H and O–H groups in total. The largest absolute Gasteiger partial charge is 0.264 e. The Hall–Kier alpha value is -3.36. The second-order valence-electron chi connectivity index (χ2n) is 7.78. The predicted octanol–water partition coefficient (Wildman–Crippen LogP) is 4.55. The van der Waals surface area contributed by atoms with Crippen molar-refractivity contribution in [3.05, 3.63) is 85.3 Å². The van der Waals surface area contributed by atoms with Crippen molar-refractivity contribution in [1.29, 1.82) is 0 Å². The molecule has 0 saturated carbocycles. The maximum atomic E-state index is 12.9. The topological polar surface area (TPSA) is 89.8 Å². The Morgan fingerprint density at radius 3 is 2.39 bits per heavy atom. The zero-order valence-corrected chi connectivity index (χ0v) is 19.2. The lowest BCUT2D eigenvalue weighted by Crippen LogP contribution is -2.25. The number of pyridine rings is 1. The average molecular weight is 462 g/mol. The molecule has 170 valence electrons. The highest BCUT2D eigenvalue weighted by Gasteiger charge is 2.18.